The van der Waals surface area contributed by atoms with Crippen LogP contribution in [0.3, 0.4) is 0 Å². The van der Waals surface area contributed by atoms with Crippen LogP contribution in [0.5, 0.6) is 0 Å². The molecule has 0 amide bonds. The molecule has 1 heterocycles. The Morgan fingerprint density at radius 1 is 0.755 bits per heavy atom. The maximum Gasteiger partial charge on any atom is 0.472 e. The zero-order valence-corrected chi connectivity index (χ0v) is 35.7. The predicted octanol–water partition coefficient (Wildman–Crippen LogP) is 9.45. The zero-order chi connectivity index (χ0) is 39.6. The minimum absolute atomic E-state index is 0.0167. The molecule has 3 unspecified atom stereocenters. The molecule has 0 spiro atoms. The van der Waals surface area contributed by atoms with Crippen molar-refractivity contribution in [2.75, 3.05) is 54.1 Å². The first-order chi connectivity index (χ1) is 25.1. The summed E-state index contributed by atoms with van der Waals surface area (Å²) in [7, 11) is 1.42. The van der Waals surface area contributed by atoms with Gasteiger partial charge in [-0.2, -0.15) is 0 Å². The Bertz CT molecular complexity index is 1020. The highest BCUT2D eigenvalue weighted by Gasteiger charge is 2.51. The van der Waals surface area contributed by atoms with Gasteiger partial charge >= 0.3 is 19.8 Å². The van der Waals surface area contributed by atoms with Gasteiger partial charge in [0.15, 0.2) is 6.10 Å². The van der Waals surface area contributed by atoms with Crippen LogP contribution in [-0.2, 0) is 42.6 Å². The molecule has 0 aromatic heterocycles. The summed E-state index contributed by atoms with van der Waals surface area (Å²) in [5.41, 5.74) is -1.16. The number of carbonyl (C=O) groups is 2. The summed E-state index contributed by atoms with van der Waals surface area (Å²) in [6.45, 7) is 8.42. The quantitative estimate of drug-likeness (QED) is 0.0291. The van der Waals surface area contributed by atoms with E-state index < -0.39 is 37.8 Å². The molecule has 1 rings (SSSR count). The third kappa shape index (κ3) is 24.2. The van der Waals surface area contributed by atoms with Gasteiger partial charge in [0.1, 0.15) is 25.5 Å². The average Bonchev–Trinajstić information content (AvgIpc) is 3.32. The smallest absolute Gasteiger partial charge is 0.462 e. The SMILES string of the molecule is CCCCCCCCCCCCCC(=O)OCC(COP(=O)(O)OCC[N+](C)(C)C)OC(=O)CCCCCCCCCCC1(CC)OCC(C)(C)N1[O]. The van der Waals surface area contributed by atoms with Crippen LogP contribution in [0.4, 0.5) is 0 Å². The molecule has 1 N–H and O–H groups in total. The number of likely N-dealkylation sites (N-methyl/N-ethyl adjacent to an activating group) is 1. The van der Waals surface area contributed by atoms with Gasteiger partial charge in [0.25, 0.3) is 0 Å². The molecule has 0 saturated carbocycles. The van der Waals surface area contributed by atoms with Crippen LogP contribution < -0.4 is 0 Å². The molecule has 1 saturated heterocycles. The van der Waals surface area contributed by atoms with Gasteiger partial charge in [0.05, 0.1) is 39.9 Å². The standard InChI is InChI=1S/C40H78N2O10P/c1-8-10-11-12-13-14-15-16-19-22-25-28-37(43)48-33-36(34-51-53(46,47)50-32-31-42(5,6)7)52-38(44)29-26-23-20-17-18-21-24-27-30-40(9-2)41(45)39(3,4)35-49-40/h36H,8-35H2,1-7H3/p+1. The first-order valence-electron chi connectivity index (χ1n) is 20.9. The number of hydrogen-bond acceptors (Lipinski definition) is 9. The average molecular weight is 779 g/mol. The van der Waals surface area contributed by atoms with Gasteiger partial charge in [0.2, 0.25) is 0 Å². The monoisotopic (exact) mass is 779 g/mol. The predicted molar refractivity (Wildman–Crippen MR) is 208 cm³/mol. The van der Waals surface area contributed by atoms with Gasteiger partial charge in [-0.25, -0.2) is 4.57 Å². The number of quaternary nitrogens is 1. The number of phosphoric ester groups is 1. The Labute approximate surface area is 323 Å². The number of unbranched alkanes of at least 4 members (excludes halogenated alkanes) is 17. The number of hydrogen-bond donors (Lipinski definition) is 1. The van der Waals surface area contributed by atoms with Crippen LogP contribution in [0.15, 0.2) is 0 Å². The molecule has 12 nitrogen and oxygen atoms in total. The largest absolute Gasteiger partial charge is 0.472 e. The van der Waals surface area contributed by atoms with Gasteiger partial charge in [0, 0.05) is 12.8 Å². The Hall–Kier alpha value is -1.11. The minimum Gasteiger partial charge on any atom is -0.462 e. The summed E-state index contributed by atoms with van der Waals surface area (Å²) >= 11 is 0. The maximum atomic E-state index is 12.8. The van der Waals surface area contributed by atoms with Gasteiger partial charge in [-0.05, 0) is 46.0 Å². The first-order valence-corrected chi connectivity index (χ1v) is 22.4. The van der Waals surface area contributed by atoms with Crippen molar-refractivity contribution in [1.29, 1.82) is 0 Å². The van der Waals surface area contributed by atoms with E-state index in [1.165, 1.54) is 56.4 Å². The van der Waals surface area contributed by atoms with Gasteiger partial charge in [-0.3, -0.25) is 18.6 Å². The van der Waals surface area contributed by atoms with Crippen LogP contribution in [0, 0.1) is 0 Å². The highest BCUT2D eigenvalue weighted by Crippen LogP contribution is 2.43. The molecule has 13 heteroatoms. The molecule has 1 radical (unpaired) electrons. The fourth-order valence-corrected chi connectivity index (χ4v) is 7.25. The lowest BCUT2D eigenvalue weighted by Crippen LogP contribution is -2.49. The Balaban J connectivity index is 2.36. The van der Waals surface area contributed by atoms with Gasteiger partial charge in [-0.15, -0.1) is 10.3 Å². The highest BCUT2D eigenvalue weighted by atomic mass is 31.2. The summed E-state index contributed by atoms with van der Waals surface area (Å²) in [4.78, 5) is 35.3. The molecule has 0 aliphatic carbocycles. The number of ether oxygens (including phenoxy) is 3. The van der Waals surface area contributed by atoms with Crippen molar-refractivity contribution in [2.45, 2.75) is 193 Å². The molecular weight excluding hydrogens is 699 g/mol. The van der Waals surface area contributed by atoms with Gasteiger partial charge in [-0.1, -0.05) is 117 Å². The molecule has 53 heavy (non-hydrogen) atoms. The van der Waals surface area contributed by atoms with E-state index in [0.717, 1.165) is 70.6 Å². The Morgan fingerprint density at radius 3 is 1.72 bits per heavy atom. The minimum atomic E-state index is -4.39. The van der Waals surface area contributed by atoms with Crippen molar-refractivity contribution < 1.29 is 52.0 Å². The van der Waals surface area contributed by atoms with Crippen LogP contribution in [0.1, 0.15) is 175 Å². The molecule has 3 atom stereocenters. The van der Waals surface area contributed by atoms with Crippen molar-refractivity contribution in [3.05, 3.63) is 0 Å². The number of hydroxylamine groups is 2. The van der Waals surface area contributed by atoms with E-state index in [1.807, 2.05) is 41.9 Å². The van der Waals surface area contributed by atoms with Crippen LogP contribution in [0.2, 0.25) is 0 Å². The third-order valence-electron chi connectivity index (χ3n) is 10.0. The summed E-state index contributed by atoms with van der Waals surface area (Å²) in [5, 5.41) is 13.9. The lowest BCUT2D eigenvalue weighted by Gasteiger charge is -2.34. The molecule has 1 aliphatic heterocycles. The van der Waals surface area contributed by atoms with Crippen molar-refractivity contribution in [1.82, 2.24) is 5.06 Å². The normalized spacial score (nSPS) is 19.3. The lowest BCUT2D eigenvalue weighted by atomic mass is 9.98. The topological polar surface area (TPSA) is 141 Å². The van der Waals surface area contributed by atoms with E-state index >= 15 is 0 Å². The van der Waals surface area contributed by atoms with Crippen LogP contribution in [-0.4, -0.2) is 97.9 Å². The number of rotatable bonds is 34. The second-order valence-corrected chi connectivity index (χ2v) is 18.2. The van der Waals surface area contributed by atoms with Crippen molar-refractivity contribution in [2.24, 2.45) is 0 Å². The molecule has 0 bridgehead atoms. The Morgan fingerprint density at radius 2 is 1.25 bits per heavy atom. The summed E-state index contributed by atoms with van der Waals surface area (Å²) in [6, 6.07) is 0. The number of esters is 2. The second-order valence-electron chi connectivity index (χ2n) is 16.7. The molecule has 313 valence electrons. The molecule has 0 aromatic carbocycles. The van der Waals surface area contributed by atoms with Crippen molar-refractivity contribution >= 4 is 19.8 Å². The fraction of sp³-hybridized carbons (Fsp3) is 0.950. The van der Waals surface area contributed by atoms with E-state index in [2.05, 4.69) is 6.92 Å². The fourth-order valence-electron chi connectivity index (χ4n) is 6.50. The summed E-state index contributed by atoms with van der Waals surface area (Å²) in [5.74, 6) is -0.852. The highest BCUT2D eigenvalue weighted by molar-refractivity contribution is 7.47. The Kier molecular flexibility index (Phi) is 25.9. The number of phosphoric acid groups is 1. The maximum absolute atomic E-state index is 12.8. The lowest BCUT2D eigenvalue weighted by molar-refractivity contribution is -0.870. The van der Waals surface area contributed by atoms with E-state index in [-0.39, 0.29) is 32.0 Å². The zero-order valence-electron chi connectivity index (χ0n) is 34.8. The first kappa shape index (κ1) is 49.9. The number of nitrogens with zero attached hydrogens (tertiary/aromatic N) is 2. The summed E-state index contributed by atoms with van der Waals surface area (Å²) < 4.78 is 40.2. The van der Waals surface area contributed by atoms with Crippen LogP contribution >= 0.6 is 7.82 Å². The van der Waals surface area contributed by atoms with E-state index in [9.17, 15) is 24.3 Å². The van der Waals surface area contributed by atoms with E-state index in [4.69, 9.17) is 23.3 Å². The second kappa shape index (κ2) is 27.5. The van der Waals surface area contributed by atoms with E-state index in [0.29, 0.717) is 30.5 Å². The van der Waals surface area contributed by atoms with Crippen molar-refractivity contribution in [3.8, 4) is 0 Å². The molecule has 0 aromatic rings. The summed E-state index contributed by atoms with van der Waals surface area (Å²) in [6.07, 6.45) is 21.7. The number of carbonyl (C=O) groups excluding carboxylic acids is 2. The van der Waals surface area contributed by atoms with Crippen LogP contribution in [0.25, 0.3) is 0 Å². The third-order valence-corrected chi connectivity index (χ3v) is 11.0. The van der Waals surface area contributed by atoms with Crippen molar-refractivity contribution in [3.63, 3.8) is 0 Å². The molecule has 1 aliphatic rings. The molecular formula is C40H79N2O10P+. The van der Waals surface area contributed by atoms with Gasteiger partial charge < -0.3 is 23.6 Å². The van der Waals surface area contributed by atoms with E-state index in [1.54, 1.807) is 0 Å². The molecule has 1 fully saturated rings.